The number of unbranched alkanes of at least 4 members (excludes halogenated alkanes) is 1. The Labute approximate surface area is 107 Å². The first kappa shape index (κ1) is 16.2. The first-order valence-corrected chi connectivity index (χ1v) is 6.86. The van der Waals surface area contributed by atoms with Crippen molar-refractivity contribution in [1.29, 1.82) is 5.41 Å². The Morgan fingerprint density at radius 1 is 1.47 bits per heavy atom. The summed E-state index contributed by atoms with van der Waals surface area (Å²) in [6.45, 7) is 4.71. The standard InChI is InChI=1S/C11H23N3O2S/c1-8(2)7-17-11(13)14-9(10(15)16)5-3-4-6-12/h8-9H,3-7,12H2,1-2H3,(H2,13,14)(H,15,16)/t9-/m0/s1. The zero-order valence-electron chi connectivity index (χ0n) is 10.5. The summed E-state index contributed by atoms with van der Waals surface area (Å²) in [6.07, 6.45) is 2.09. The quantitative estimate of drug-likeness (QED) is 0.301. The Balaban J connectivity index is 3.98. The van der Waals surface area contributed by atoms with Gasteiger partial charge in [0.2, 0.25) is 0 Å². The van der Waals surface area contributed by atoms with Gasteiger partial charge in [-0.05, 0) is 31.7 Å². The van der Waals surface area contributed by atoms with Crippen molar-refractivity contribution < 1.29 is 9.90 Å². The number of aliphatic carboxylic acids is 1. The first-order chi connectivity index (χ1) is 7.97. The van der Waals surface area contributed by atoms with Crippen molar-refractivity contribution in [1.82, 2.24) is 5.32 Å². The summed E-state index contributed by atoms with van der Waals surface area (Å²) in [6, 6.07) is -0.672. The van der Waals surface area contributed by atoms with E-state index in [2.05, 4.69) is 19.2 Å². The third kappa shape index (κ3) is 9.00. The lowest BCUT2D eigenvalue weighted by molar-refractivity contribution is -0.139. The van der Waals surface area contributed by atoms with Gasteiger partial charge in [0, 0.05) is 5.75 Å². The molecule has 0 unspecified atom stereocenters. The van der Waals surface area contributed by atoms with E-state index in [0.717, 1.165) is 18.6 Å². The minimum absolute atomic E-state index is 0.235. The summed E-state index contributed by atoms with van der Waals surface area (Å²) in [5, 5.41) is 19.6. The molecule has 0 amide bonds. The van der Waals surface area contributed by atoms with Crippen LogP contribution in [0.4, 0.5) is 0 Å². The molecule has 0 radical (unpaired) electrons. The molecule has 0 aromatic heterocycles. The summed E-state index contributed by atoms with van der Waals surface area (Å²) in [5.41, 5.74) is 5.36. The lowest BCUT2D eigenvalue weighted by Crippen LogP contribution is -2.39. The smallest absolute Gasteiger partial charge is 0.326 e. The highest BCUT2D eigenvalue weighted by molar-refractivity contribution is 8.13. The van der Waals surface area contributed by atoms with Gasteiger partial charge in [0.1, 0.15) is 6.04 Å². The van der Waals surface area contributed by atoms with Crippen LogP contribution in [0.3, 0.4) is 0 Å². The molecule has 100 valence electrons. The second-order valence-corrected chi connectivity index (χ2v) is 5.38. The molecule has 0 bridgehead atoms. The molecule has 0 aliphatic carbocycles. The normalized spacial score (nSPS) is 12.5. The lowest BCUT2D eigenvalue weighted by Gasteiger charge is -2.16. The molecular weight excluding hydrogens is 238 g/mol. The molecule has 5 N–H and O–H groups in total. The van der Waals surface area contributed by atoms with Crippen LogP contribution in [0.5, 0.6) is 0 Å². The molecule has 1 atom stereocenters. The Hall–Kier alpha value is -0.750. The largest absolute Gasteiger partial charge is 0.480 e. The highest BCUT2D eigenvalue weighted by Gasteiger charge is 2.17. The molecule has 0 aliphatic rings. The molecule has 0 aliphatic heterocycles. The van der Waals surface area contributed by atoms with E-state index >= 15 is 0 Å². The first-order valence-electron chi connectivity index (χ1n) is 5.88. The third-order valence-electron chi connectivity index (χ3n) is 2.11. The van der Waals surface area contributed by atoms with Gasteiger partial charge in [-0.2, -0.15) is 0 Å². The number of amidine groups is 1. The van der Waals surface area contributed by atoms with Crippen LogP contribution in [-0.2, 0) is 4.79 Å². The summed E-state index contributed by atoms with van der Waals surface area (Å²) >= 11 is 1.35. The van der Waals surface area contributed by atoms with Gasteiger partial charge >= 0.3 is 5.97 Å². The van der Waals surface area contributed by atoms with Crippen LogP contribution in [-0.4, -0.2) is 34.6 Å². The van der Waals surface area contributed by atoms with Crippen LogP contribution in [0.2, 0.25) is 0 Å². The van der Waals surface area contributed by atoms with Crippen LogP contribution in [0, 0.1) is 11.3 Å². The van der Waals surface area contributed by atoms with Crippen LogP contribution in [0.1, 0.15) is 33.1 Å². The second-order valence-electron chi connectivity index (χ2n) is 4.35. The number of nitrogens with two attached hydrogens (primary N) is 1. The fourth-order valence-electron chi connectivity index (χ4n) is 1.20. The molecule has 6 heteroatoms. The van der Waals surface area contributed by atoms with Crippen LogP contribution in [0.15, 0.2) is 0 Å². The van der Waals surface area contributed by atoms with Gasteiger partial charge in [-0.3, -0.25) is 5.41 Å². The molecule has 0 saturated carbocycles. The number of hydrogen-bond acceptors (Lipinski definition) is 4. The monoisotopic (exact) mass is 261 g/mol. The van der Waals surface area contributed by atoms with Crippen molar-refractivity contribution in [3.05, 3.63) is 0 Å². The maximum Gasteiger partial charge on any atom is 0.326 e. The molecule has 0 aromatic carbocycles. The van der Waals surface area contributed by atoms with Gasteiger partial charge in [0.25, 0.3) is 0 Å². The van der Waals surface area contributed by atoms with E-state index in [1.54, 1.807) is 0 Å². The number of carboxylic acids is 1. The summed E-state index contributed by atoms with van der Waals surface area (Å²) < 4.78 is 0. The fourth-order valence-corrected chi connectivity index (χ4v) is 1.93. The summed E-state index contributed by atoms with van der Waals surface area (Å²) in [7, 11) is 0. The molecular formula is C11H23N3O2S. The third-order valence-corrected chi connectivity index (χ3v) is 3.35. The average Bonchev–Trinajstić information content (AvgIpc) is 2.25. The van der Waals surface area contributed by atoms with Crippen LogP contribution < -0.4 is 11.1 Å². The number of nitrogens with one attached hydrogen (secondary N) is 2. The Kier molecular flexibility index (Phi) is 8.89. The van der Waals surface area contributed by atoms with Crippen molar-refractivity contribution >= 4 is 22.9 Å². The topological polar surface area (TPSA) is 99.2 Å². The van der Waals surface area contributed by atoms with E-state index in [4.69, 9.17) is 16.2 Å². The number of carbonyl (C=O) groups is 1. The predicted octanol–water partition coefficient (Wildman–Crippen LogP) is 1.48. The maximum atomic E-state index is 11.0. The van der Waals surface area contributed by atoms with Gasteiger partial charge < -0.3 is 16.2 Å². The van der Waals surface area contributed by atoms with Crippen molar-refractivity contribution in [2.24, 2.45) is 11.7 Å². The van der Waals surface area contributed by atoms with Crippen molar-refractivity contribution in [3.63, 3.8) is 0 Å². The number of thioether (sulfide) groups is 1. The van der Waals surface area contributed by atoms with E-state index in [1.165, 1.54) is 11.8 Å². The average molecular weight is 261 g/mol. The van der Waals surface area contributed by atoms with Crippen molar-refractivity contribution in [3.8, 4) is 0 Å². The summed E-state index contributed by atoms with van der Waals surface area (Å²) in [4.78, 5) is 11.0. The van der Waals surface area contributed by atoms with E-state index in [1.807, 2.05) is 0 Å². The second kappa shape index (κ2) is 9.30. The van der Waals surface area contributed by atoms with Gasteiger partial charge in [-0.25, -0.2) is 4.79 Å². The van der Waals surface area contributed by atoms with Crippen molar-refractivity contribution in [2.45, 2.75) is 39.2 Å². The minimum Gasteiger partial charge on any atom is -0.480 e. The number of hydrogen-bond donors (Lipinski definition) is 4. The van der Waals surface area contributed by atoms with E-state index < -0.39 is 12.0 Å². The zero-order valence-corrected chi connectivity index (χ0v) is 11.3. The molecule has 17 heavy (non-hydrogen) atoms. The van der Waals surface area contributed by atoms with Crippen LogP contribution >= 0.6 is 11.8 Å². The van der Waals surface area contributed by atoms with E-state index in [0.29, 0.717) is 18.9 Å². The lowest BCUT2D eigenvalue weighted by atomic mass is 10.1. The van der Waals surface area contributed by atoms with E-state index in [-0.39, 0.29) is 5.17 Å². The van der Waals surface area contributed by atoms with Crippen molar-refractivity contribution in [2.75, 3.05) is 12.3 Å². The Morgan fingerprint density at radius 3 is 2.59 bits per heavy atom. The van der Waals surface area contributed by atoms with E-state index in [9.17, 15) is 4.79 Å². The minimum atomic E-state index is -0.906. The van der Waals surface area contributed by atoms with Gasteiger partial charge in [-0.1, -0.05) is 25.6 Å². The number of rotatable bonds is 8. The fraction of sp³-hybridized carbons (Fsp3) is 0.818. The Bertz CT molecular complexity index is 247. The highest BCUT2D eigenvalue weighted by Crippen LogP contribution is 2.09. The van der Waals surface area contributed by atoms with Gasteiger partial charge in [0.15, 0.2) is 5.17 Å². The maximum absolute atomic E-state index is 11.0. The molecule has 0 spiro atoms. The van der Waals surface area contributed by atoms with Gasteiger partial charge in [-0.15, -0.1) is 0 Å². The molecule has 0 saturated heterocycles. The van der Waals surface area contributed by atoms with Crippen LogP contribution in [0.25, 0.3) is 0 Å². The molecule has 5 nitrogen and oxygen atoms in total. The molecule has 0 heterocycles. The van der Waals surface area contributed by atoms with Gasteiger partial charge in [0.05, 0.1) is 0 Å². The highest BCUT2D eigenvalue weighted by atomic mass is 32.2. The molecule has 0 fully saturated rings. The Morgan fingerprint density at radius 2 is 2.12 bits per heavy atom. The molecule has 0 rings (SSSR count). The predicted molar refractivity (Wildman–Crippen MR) is 72.5 cm³/mol. The SMILES string of the molecule is CC(C)CSC(=N)N[C@@H](CCCCN)C(=O)O. The number of carboxylic acid groups (broad SMARTS) is 1. The zero-order chi connectivity index (χ0) is 13.3. The summed E-state index contributed by atoms with van der Waals surface area (Å²) in [5.74, 6) is 0.403. The molecule has 0 aromatic rings.